The second-order valence-corrected chi connectivity index (χ2v) is 7.07. The molecule has 3 aromatic rings. The van der Waals surface area contributed by atoms with E-state index in [1.165, 1.54) is 5.56 Å². The number of halogens is 1. The summed E-state index contributed by atoms with van der Waals surface area (Å²) < 4.78 is 6.13. The molecule has 2 aromatic carbocycles. The molecule has 26 heavy (non-hydrogen) atoms. The smallest absolute Gasteiger partial charge is 0.141 e. The fraction of sp³-hybridized carbons (Fsp3) is 0.238. The maximum absolute atomic E-state index is 9.15. The molecule has 0 unspecified atom stereocenters. The lowest BCUT2D eigenvalue weighted by Gasteiger charge is -2.26. The highest BCUT2D eigenvalue weighted by Crippen LogP contribution is 2.35. The summed E-state index contributed by atoms with van der Waals surface area (Å²) in [6.45, 7) is 8.93. The van der Waals surface area contributed by atoms with Crippen LogP contribution in [-0.4, -0.2) is 11.7 Å². The highest BCUT2D eigenvalue weighted by Gasteiger charge is 2.16. The van der Waals surface area contributed by atoms with Crippen molar-refractivity contribution < 1.29 is 4.52 Å². The molecule has 0 N–H and O–H groups in total. The molecule has 0 saturated carbocycles. The molecule has 0 spiro atoms. The number of rotatable bonds is 4. The molecule has 0 aliphatic rings. The van der Waals surface area contributed by atoms with E-state index in [0.29, 0.717) is 5.56 Å². The first kappa shape index (κ1) is 18.2. The van der Waals surface area contributed by atoms with E-state index in [1.54, 1.807) is 0 Å². The molecule has 0 amide bonds. The van der Waals surface area contributed by atoms with E-state index in [9.17, 15) is 0 Å². The number of hydrogen-bond acceptors (Lipinski definition) is 4. The van der Waals surface area contributed by atoms with Crippen molar-refractivity contribution >= 4 is 27.3 Å². The van der Waals surface area contributed by atoms with Crippen molar-refractivity contribution in [1.82, 2.24) is 5.16 Å². The summed E-state index contributed by atoms with van der Waals surface area (Å²) in [5, 5.41) is 13.2. The van der Waals surface area contributed by atoms with Crippen LogP contribution < -0.4 is 4.90 Å². The zero-order chi connectivity index (χ0) is 18.8. The zero-order valence-corrected chi connectivity index (χ0v) is 16.9. The fourth-order valence-corrected chi connectivity index (χ4v) is 3.66. The van der Waals surface area contributed by atoms with Gasteiger partial charge in [0.15, 0.2) is 0 Å². The van der Waals surface area contributed by atoms with Crippen LogP contribution in [0, 0.1) is 32.1 Å². The Morgan fingerprint density at radius 3 is 2.50 bits per heavy atom. The molecule has 132 valence electrons. The highest BCUT2D eigenvalue weighted by atomic mass is 79.9. The Hall–Kier alpha value is -2.58. The van der Waals surface area contributed by atoms with Crippen LogP contribution in [0.1, 0.15) is 29.5 Å². The van der Waals surface area contributed by atoms with Gasteiger partial charge < -0.3 is 9.42 Å². The average Bonchev–Trinajstić information content (AvgIpc) is 2.96. The molecule has 0 radical (unpaired) electrons. The third-order valence-electron chi connectivity index (χ3n) is 4.52. The van der Waals surface area contributed by atoms with Gasteiger partial charge in [-0.1, -0.05) is 17.3 Å². The molecule has 3 rings (SSSR count). The molecule has 4 nitrogen and oxygen atoms in total. The van der Waals surface area contributed by atoms with Gasteiger partial charge in [-0.2, -0.15) is 5.26 Å². The summed E-state index contributed by atoms with van der Waals surface area (Å²) in [6.07, 6.45) is 0. The van der Waals surface area contributed by atoms with E-state index in [0.717, 1.165) is 45.0 Å². The van der Waals surface area contributed by atoms with E-state index in [2.05, 4.69) is 64.1 Å². The SMILES string of the molecule is CCN(c1ccc(C#N)c(Br)c1)c1cc(-c2c(C)noc2C)ccc1C. The number of benzene rings is 2. The average molecular weight is 410 g/mol. The first-order chi connectivity index (χ1) is 12.5. The van der Waals surface area contributed by atoms with Gasteiger partial charge in [-0.15, -0.1) is 0 Å². The van der Waals surface area contributed by atoms with Crippen LogP contribution in [0.5, 0.6) is 0 Å². The van der Waals surface area contributed by atoms with Crippen molar-refractivity contribution in [3.05, 3.63) is 63.5 Å². The molecular weight excluding hydrogens is 390 g/mol. The molecule has 0 aliphatic carbocycles. The van der Waals surface area contributed by atoms with Gasteiger partial charge >= 0.3 is 0 Å². The number of anilines is 2. The number of aryl methyl sites for hydroxylation is 3. The maximum Gasteiger partial charge on any atom is 0.141 e. The minimum absolute atomic E-state index is 0.631. The van der Waals surface area contributed by atoms with Gasteiger partial charge in [0.1, 0.15) is 11.8 Å². The van der Waals surface area contributed by atoms with Gasteiger partial charge in [0.2, 0.25) is 0 Å². The van der Waals surface area contributed by atoms with E-state index in [-0.39, 0.29) is 0 Å². The van der Waals surface area contributed by atoms with E-state index in [4.69, 9.17) is 9.78 Å². The van der Waals surface area contributed by atoms with Crippen LogP contribution in [0.3, 0.4) is 0 Å². The van der Waals surface area contributed by atoms with Crippen molar-refractivity contribution in [3.8, 4) is 17.2 Å². The van der Waals surface area contributed by atoms with Crippen LogP contribution in [0.15, 0.2) is 45.4 Å². The van der Waals surface area contributed by atoms with Crippen LogP contribution in [0.25, 0.3) is 11.1 Å². The molecule has 5 heteroatoms. The standard InChI is InChI=1S/C21H20BrN3O/c1-5-25(18-9-8-17(12-23)19(22)11-18)20-10-16(7-6-13(20)2)21-14(3)24-26-15(21)4/h6-11H,5H2,1-4H3. The number of nitrogens with zero attached hydrogens (tertiary/aromatic N) is 3. The van der Waals surface area contributed by atoms with Gasteiger partial charge in [-0.25, -0.2) is 0 Å². The topological polar surface area (TPSA) is 53.1 Å². The first-order valence-corrected chi connectivity index (χ1v) is 9.26. The number of nitriles is 1. The predicted molar refractivity (Wildman–Crippen MR) is 108 cm³/mol. The van der Waals surface area contributed by atoms with E-state index < -0.39 is 0 Å². The van der Waals surface area contributed by atoms with E-state index in [1.807, 2.05) is 32.0 Å². The normalized spacial score (nSPS) is 10.6. The van der Waals surface area contributed by atoms with Crippen molar-refractivity contribution in [2.45, 2.75) is 27.7 Å². The Bertz CT molecular complexity index is 981. The van der Waals surface area contributed by atoms with E-state index >= 15 is 0 Å². The Labute approximate surface area is 162 Å². The summed E-state index contributed by atoms with van der Waals surface area (Å²) in [5.74, 6) is 0.821. The third kappa shape index (κ3) is 3.25. The van der Waals surface area contributed by atoms with Gasteiger partial charge in [0.25, 0.3) is 0 Å². The largest absolute Gasteiger partial charge is 0.361 e. The first-order valence-electron chi connectivity index (χ1n) is 8.47. The van der Waals surface area contributed by atoms with Crippen molar-refractivity contribution in [3.63, 3.8) is 0 Å². The molecule has 1 aromatic heterocycles. The lowest BCUT2D eigenvalue weighted by molar-refractivity contribution is 0.393. The summed E-state index contributed by atoms with van der Waals surface area (Å²) in [5.41, 5.74) is 7.01. The summed E-state index contributed by atoms with van der Waals surface area (Å²) in [7, 11) is 0. The molecule has 0 bridgehead atoms. The van der Waals surface area contributed by atoms with Crippen LogP contribution in [-0.2, 0) is 0 Å². The maximum atomic E-state index is 9.15. The van der Waals surface area contributed by atoms with Crippen LogP contribution >= 0.6 is 15.9 Å². The van der Waals surface area contributed by atoms with Crippen LogP contribution in [0.4, 0.5) is 11.4 Å². The molecule has 0 saturated heterocycles. The Morgan fingerprint density at radius 2 is 1.92 bits per heavy atom. The number of aromatic nitrogens is 1. The van der Waals surface area contributed by atoms with Crippen molar-refractivity contribution in [2.75, 3.05) is 11.4 Å². The molecule has 0 fully saturated rings. The van der Waals surface area contributed by atoms with Gasteiger partial charge in [-0.05, 0) is 79.0 Å². The Kier molecular flexibility index (Phi) is 5.15. The fourth-order valence-electron chi connectivity index (χ4n) is 3.21. The summed E-state index contributed by atoms with van der Waals surface area (Å²) in [4.78, 5) is 2.24. The lowest BCUT2D eigenvalue weighted by Crippen LogP contribution is -2.17. The monoisotopic (exact) mass is 409 g/mol. The molecule has 0 atom stereocenters. The minimum atomic E-state index is 0.631. The van der Waals surface area contributed by atoms with Gasteiger partial charge in [-0.3, -0.25) is 0 Å². The molecule has 0 aliphatic heterocycles. The second kappa shape index (κ2) is 7.35. The second-order valence-electron chi connectivity index (χ2n) is 6.22. The Balaban J connectivity index is 2.11. The summed E-state index contributed by atoms with van der Waals surface area (Å²) >= 11 is 3.49. The van der Waals surface area contributed by atoms with Crippen molar-refractivity contribution in [1.29, 1.82) is 5.26 Å². The number of hydrogen-bond donors (Lipinski definition) is 0. The highest BCUT2D eigenvalue weighted by molar-refractivity contribution is 9.10. The molecular formula is C21H20BrN3O. The quantitative estimate of drug-likeness (QED) is 0.525. The summed E-state index contributed by atoms with van der Waals surface area (Å²) in [6, 6.07) is 14.4. The Morgan fingerprint density at radius 1 is 1.15 bits per heavy atom. The zero-order valence-electron chi connectivity index (χ0n) is 15.3. The van der Waals surface area contributed by atoms with Crippen molar-refractivity contribution in [2.24, 2.45) is 0 Å². The molecule has 1 heterocycles. The van der Waals surface area contributed by atoms with Gasteiger partial charge in [0.05, 0.1) is 11.3 Å². The lowest BCUT2D eigenvalue weighted by atomic mass is 10.0. The predicted octanol–water partition coefficient (Wildman–Crippen LogP) is 6.06. The third-order valence-corrected chi connectivity index (χ3v) is 5.18. The van der Waals surface area contributed by atoms with Crippen LogP contribution in [0.2, 0.25) is 0 Å². The minimum Gasteiger partial charge on any atom is -0.361 e. The van der Waals surface area contributed by atoms with Gasteiger partial charge in [0, 0.05) is 28.0 Å².